The van der Waals surface area contributed by atoms with E-state index in [1.54, 1.807) is 37.3 Å². The van der Waals surface area contributed by atoms with Crippen LogP contribution in [-0.2, 0) is 11.2 Å². The van der Waals surface area contributed by atoms with Gasteiger partial charge in [-0.25, -0.2) is 4.79 Å². The van der Waals surface area contributed by atoms with E-state index >= 15 is 0 Å². The maximum Gasteiger partial charge on any atom is 0.341 e. The van der Waals surface area contributed by atoms with Gasteiger partial charge in [0.1, 0.15) is 5.00 Å². The lowest BCUT2D eigenvalue weighted by molar-refractivity contribution is 0.0526. The lowest BCUT2D eigenvalue weighted by Gasteiger charge is -2.19. The van der Waals surface area contributed by atoms with Crippen molar-refractivity contribution in [2.45, 2.75) is 39.0 Å². The molecule has 1 heterocycles. The first-order chi connectivity index (χ1) is 16.4. The third-order valence-electron chi connectivity index (χ3n) is 5.91. The predicted molar refractivity (Wildman–Crippen MR) is 131 cm³/mol. The summed E-state index contributed by atoms with van der Waals surface area (Å²) in [4.78, 5) is 51.8. The second-order valence-electron chi connectivity index (χ2n) is 8.21. The van der Waals surface area contributed by atoms with Crippen molar-refractivity contribution in [2.75, 3.05) is 11.9 Å². The summed E-state index contributed by atoms with van der Waals surface area (Å²) in [6.45, 7) is 4.09. The van der Waals surface area contributed by atoms with E-state index in [1.165, 1.54) is 35.6 Å². The van der Waals surface area contributed by atoms with E-state index in [2.05, 4.69) is 12.2 Å². The van der Waals surface area contributed by atoms with Gasteiger partial charge in [-0.15, -0.1) is 11.3 Å². The van der Waals surface area contributed by atoms with Crippen molar-refractivity contribution in [1.82, 2.24) is 0 Å². The van der Waals surface area contributed by atoms with Crippen LogP contribution in [0.25, 0.3) is 0 Å². The number of carbonyl (C=O) groups is 4. The Labute approximate surface area is 202 Å². The molecule has 0 spiro atoms. The van der Waals surface area contributed by atoms with Gasteiger partial charge in [0.15, 0.2) is 0 Å². The normalized spacial score (nSPS) is 14.7. The summed E-state index contributed by atoms with van der Waals surface area (Å²) in [6, 6.07) is 14.3. The second-order valence-corrected chi connectivity index (χ2v) is 9.32. The topological polar surface area (TPSA) is 89.5 Å². The summed E-state index contributed by atoms with van der Waals surface area (Å²) in [5.74, 6) is -1.84. The van der Waals surface area contributed by atoms with E-state index in [0.29, 0.717) is 21.7 Å². The molecule has 0 fully saturated rings. The Morgan fingerprint density at radius 1 is 0.941 bits per heavy atom. The Balaban J connectivity index is 1.55. The minimum atomic E-state index is -0.636. The summed E-state index contributed by atoms with van der Waals surface area (Å²) in [7, 11) is 0. The number of fused-ring (bicyclic) bond motifs is 1. The van der Waals surface area contributed by atoms with E-state index in [4.69, 9.17) is 4.74 Å². The van der Waals surface area contributed by atoms with Gasteiger partial charge in [-0.1, -0.05) is 49.4 Å². The Morgan fingerprint density at radius 2 is 1.56 bits per heavy atom. The van der Waals surface area contributed by atoms with Crippen LogP contribution in [0, 0.1) is 0 Å². The van der Waals surface area contributed by atoms with Crippen molar-refractivity contribution in [2.24, 2.45) is 0 Å². The summed E-state index contributed by atoms with van der Waals surface area (Å²) >= 11 is 1.42. The molecule has 174 valence electrons. The number of ether oxygens (including phenoxy) is 1. The average molecular weight is 476 g/mol. The van der Waals surface area contributed by atoms with Crippen LogP contribution >= 0.6 is 11.3 Å². The number of carbonyl (C=O) groups excluding carboxylic acids is 4. The van der Waals surface area contributed by atoms with Crippen LogP contribution in [0.3, 0.4) is 0 Å². The van der Waals surface area contributed by atoms with Gasteiger partial charge in [0.2, 0.25) is 11.6 Å². The van der Waals surface area contributed by atoms with E-state index in [9.17, 15) is 19.2 Å². The van der Waals surface area contributed by atoms with Crippen LogP contribution in [0.4, 0.5) is 5.00 Å². The molecule has 1 atom stereocenters. The van der Waals surface area contributed by atoms with E-state index in [-0.39, 0.29) is 18.1 Å². The van der Waals surface area contributed by atoms with Crippen molar-refractivity contribution in [3.05, 3.63) is 87.3 Å². The molecule has 0 bridgehead atoms. The molecule has 1 aromatic heterocycles. The van der Waals surface area contributed by atoms with Crippen molar-refractivity contribution in [3.8, 4) is 0 Å². The molecule has 1 amide bonds. The van der Waals surface area contributed by atoms with Crippen molar-refractivity contribution >= 4 is 39.8 Å². The quantitative estimate of drug-likeness (QED) is 0.270. The largest absolute Gasteiger partial charge is 0.462 e. The number of hydrogen-bond donors (Lipinski definition) is 1. The van der Waals surface area contributed by atoms with Gasteiger partial charge in [-0.3, -0.25) is 14.4 Å². The number of amides is 1. The molecule has 1 aliphatic carbocycles. The van der Waals surface area contributed by atoms with Gasteiger partial charge >= 0.3 is 5.97 Å². The van der Waals surface area contributed by atoms with Gasteiger partial charge in [0.25, 0.3) is 5.91 Å². The maximum absolute atomic E-state index is 13.0. The SMILES string of the molecule is CCOC(=O)c1c(NC(=O)c2ccc(C(=O)C(=O)c3ccccc3)cc2)sc2c1C(C)CCC2. The first kappa shape index (κ1) is 23.6. The maximum atomic E-state index is 13.0. The molecule has 1 unspecified atom stereocenters. The first-order valence-electron chi connectivity index (χ1n) is 11.3. The fourth-order valence-electron chi connectivity index (χ4n) is 4.20. The van der Waals surface area contributed by atoms with E-state index < -0.39 is 23.4 Å². The molecular formula is C27H25NO5S. The number of hydrogen-bond acceptors (Lipinski definition) is 6. The zero-order valence-electron chi connectivity index (χ0n) is 19.1. The summed E-state index contributed by atoms with van der Waals surface area (Å²) in [5.41, 5.74) is 2.26. The molecule has 4 rings (SSSR count). The van der Waals surface area contributed by atoms with Gasteiger partial charge in [0, 0.05) is 21.6 Å². The number of aryl methyl sites for hydroxylation is 1. The Bertz CT molecular complexity index is 1240. The molecule has 34 heavy (non-hydrogen) atoms. The number of Topliss-reactive ketones (excluding diaryl/α,β-unsaturated/α-hetero) is 2. The lowest BCUT2D eigenvalue weighted by Crippen LogP contribution is -2.17. The summed E-state index contributed by atoms with van der Waals surface area (Å²) in [5, 5.41) is 3.36. The third kappa shape index (κ3) is 4.70. The highest BCUT2D eigenvalue weighted by Crippen LogP contribution is 2.43. The van der Waals surface area contributed by atoms with Crippen LogP contribution in [-0.4, -0.2) is 30.0 Å². The number of ketones is 2. The Hall–Kier alpha value is -3.58. The molecule has 1 N–H and O–H groups in total. The van der Waals surface area contributed by atoms with Gasteiger partial charge in [-0.2, -0.15) is 0 Å². The number of benzene rings is 2. The summed E-state index contributed by atoms with van der Waals surface area (Å²) < 4.78 is 5.28. The molecular weight excluding hydrogens is 450 g/mol. The standard InChI is InChI=1S/C27H25NO5S/c1-3-33-27(32)22-21-16(2)8-7-11-20(21)34-26(22)28-25(31)19-14-12-18(13-15-19)24(30)23(29)17-9-5-4-6-10-17/h4-6,9-10,12-16H,3,7-8,11H2,1-2H3,(H,28,31). The number of anilines is 1. The smallest absolute Gasteiger partial charge is 0.341 e. The number of esters is 1. The molecule has 7 heteroatoms. The lowest BCUT2D eigenvalue weighted by atomic mass is 9.86. The molecule has 6 nitrogen and oxygen atoms in total. The van der Waals surface area contributed by atoms with Crippen molar-refractivity contribution in [3.63, 3.8) is 0 Å². The van der Waals surface area contributed by atoms with Crippen molar-refractivity contribution in [1.29, 1.82) is 0 Å². The number of thiophene rings is 1. The highest BCUT2D eigenvalue weighted by Gasteiger charge is 2.31. The summed E-state index contributed by atoms with van der Waals surface area (Å²) in [6.07, 6.45) is 2.90. The molecule has 1 aliphatic rings. The van der Waals surface area contributed by atoms with Gasteiger partial charge in [-0.05, 0) is 49.8 Å². The fourth-order valence-corrected chi connectivity index (χ4v) is 5.55. The van der Waals surface area contributed by atoms with Crippen LogP contribution < -0.4 is 5.32 Å². The Kier molecular flexibility index (Phi) is 7.03. The number of rotatable bonds is 7. The molecule has 0 aliphatic heterocycles. The molecule has 0 radical (unpaired) electrons. The van der Waals surface area contributed by atoms with Gasteiger partial charge in [0.05, 0.1) is 12.2 Å². The third-order valence-corrected chi connectivity index (χ3v) is 7.09. The molecule has 0 saturated carbocycles. The highest BCUT2D eigenvalue weighted by atomic mass is 32.1. The second kappa shape index (κ2) is 10.1. The van der Waals surface area contributed by atoms with E-state index in [0.717, 1.165) is 29.7 Å². The van der Waals surface area contributed by atoms with Crippen LogP contribution in [0.15, 0.2) is 54.6 Å². The molecule has 3 aromatic rings. The van der Waals surface area contributed by atoms with E-state index in [1.807, 2.05) is 0 Å². The number of nitrogens with one attached hydrogen (secondary N) is 1. The minimum absolute atomic E-state index is 0.207. The molecule has 2 aromatic carbocycles. The minimum Gasteiger partial charge on any atom is -0.462 e. The zero-order valence-corrected chi connectivity index (χ0v) is 19.9. The first-order valence-corrected chi connectivity index (χ1v) is 12.1. The monoisotopic (exact) mass is 475 g/mol. The van der Waals surface area contributed by atoms with Crippen LogP contribution in [0.1, 0.15) is 84.5 Å². The fraction of sp³-hybridized carbons (Fsp3) is 0.259. The zero-order chi connectivity index (χ0) is 24.2. The van der Waals surface area contributed by atoms with Gasteiger partial charge < -0.3 is 10.1 Å². The highest BCUT2D eigenvalue weighted by molar-refractivity contribution is 7.17. The Morgan fingerprint density at radius 3 is 2.21 bits per heavy atom. The van der Waals surface area contributed by atoms with Crippen LogP contribution in [0.2, 0.25) is 0 Å². The predicted octanol–water partition coefficient (Wildman–Crippen LogP) is 5.68. The van der Waals surface area contributed by atoms with Crippen LogP contribution in [0.5, 0.6) is 0 Å². The molecule has 0 saturated heterocycles. The average Bonchev–Trinajstić information content (AvgIpc) is 3.23. The van der Waals surface area contributed by atoms with Crippen molar-refractivity contribution < 1.29 is 23.9 Å².